The Labute approximate surface area is 84.4 Å². The molecule has 1 rings (SSSR count). The first-order valence-corrected chi connectivity index (χ1v) is 4.66. The van der Waals surface area contributed by atoms with E-state index in [0.29, 0.717) is 0 Å². The molecule has 1 aliphatic heterocycles. The highest BCUT2D eigenvalue weighted by molar-refractivity contribution is 5.77. The van der Waals surface area contributed by atoms with Crippen molar-refractivity contribution in [2.75, 3.05) is 19.7 Å². The molecular formula is C10H16N2O2. The number of hydrogen-bond acceptors (Lipinski definition) is 3. The van der Waals surface area contributed by atoms with E-state index in [0.717, 1.165) is 13.1 Å². The molecule has 0 bridgehead atoms. The molecule has 0 spiro atoms. The number of rotatable bonds is 4. The van der Waals surface area contributed by atoms with Crippen LogP contribution in [-0.2, 0) is 9.53 Å². The molecule has 4 nitrogen and oxygen atoms in total. The van der Waals surface area contributed by atoms with Crippen molar-refractivity contribution in [3.8, 4) is 12.3 Å². The second-order valence-corrected chi connectivity index (χ2v) is 3.80. The number of hydrogen-bond donors (Lipinski definition) is 2. The summed E-state index contributed by atoms with van der Waals surface area (Å²) in [4.78, 5) is 11.2. The molecule has 14 heavy (non-hydrogen) atoms. The number of ether oxygens (including phenoxy) is 1. The smallest absolute Gasteiger partial charge is 0.246 e. The minimum absolute atomic E-state index is 0.0736. The maximum Gasteiger partial charge on any atom is 0.246 e. The predicted octanol–water partition coefficient (Wildman–Crippen LogP) is -0.497. The lowest BCUT2D eigenvalue weighted by Gasteiger charge is -2.38. The van der Waals surface area contributed by atoms with E-state index in [1.54, 1.807) is 6.92 Å². The van der Waals surface area contributed by atoms with E-state index in [-0.39, 0.29) is 24.2 Å². The summed E-state index contributed by atoms with van der Waals surface area (Å²) in [5.41, 5.74) is -0.184. The summed E-state index contributed by atoms with van der Waals surface area (Å²) >= 11 is 0. The Morgan fingerprint density at radius 2 is 2.43 bits per heavy atom. The molecule has 1 heterocycles. The SMILES string of the molecule is C#CC(C)NC(=O)COC1(C)CNC1. The molecule has 4 heteroatoms. The van der Waals surface area contributed by atoms with E-state index in [2.05, 4.69) is 16.6 Å². The van der Waals surface area contributed by atoms with Crippen LogP contribution in [0, 0.1) is 12.3 Å². The van der Waals surface area contributed by atoms with Crippen molar-refractivity contribution in [2.45, 2.75) is 25.5 Å². The van der Waals surface area contributed by atoms with E-state index < -0.39 is 0 Å². The molecule has 0 aliphatic carbocycles. The van der Waals surface area contributed by atoms with Crippen LogP contribution < -0.4 is 10.6 Å². The Balaban J connectivity index is 2.18. The number of terminal acetylenes is 1. The van der Waals surface area contributed by atoms with E-state index in [1.807, 2.05) is 6.92 Å². The summed E-state index contributed by atoms with van der Waals surface area (Å²) in [5.74, 6) is 2.26. The Morgan fingerprint density at radius 3 is 2.86 bits per heavy atom. The molecule has 0 saturated carbocycles. The van der Waals surface area contributed by atoms with E-state index >= 15 is 0 Å². The lowest BCUT2D eigenvalue weighted by molar-refractivity contribution is -0.136. The number of carbonyl (C=O) groups is 1. The highest BCUT2D eigenvalue weighted by Gasteiger charge is 2.32. The minimum atomic E-state index is -0.238. The number of nitrogens with one attached hydrogen (secondary N) is 2. The molecule has 1 unspecified atom stereocenters. The van der Waals surface area contributed by atoms with Crippen LogP contribution >= 0.6 is 0 Å². The van der Waals surface area contributed by atoms with Crippen LogP contribution in [0.25, 0.3) is 0 Å². The second-order valence-electron chi connectivity index (χ2n) is 3.80. The topological polar surface area (TPSA) is 50.4 Å². The van der Waals surface area contributed by atoms with Crippen LogP contribution in [0.4, 0.5) is 0 Å². The van der Waals surface area contributed by atoms with Gasteiger partial charge >= 0.3 is 0 Å². The minimum Gasteiger partial charge on any atom is -0.363 e. The van der Waals surface area contributed by atoms with Crippen LogP contribution in [0.1, 0.15) is 13.8 Å². The average molecular weight is 196 g/mol. The maximum atomic E-state index is 11.2. The van der Waals surface area contributed by atoms with Gasteiger partial charge in [0, 0.05) is 13.1 Å². The van der Waals surface area contributed by atoms with Gasteiger partial charge in [-0.15, -0.1) is 6.42 Å². The van der Waals surface area contributed by atoms with Gasteiger partial charge in [0.05, 0.1) is 11.6 Å². The van der Waals surface area contributed by atoms with Crippen LogP contribution in [-0.4, -0.2) is 37.2 Å². The van der Waals surface area contributed by atoms with Gasteiger partial charge in [-0.2, -0.15) is 0 Å². The molecule has 1 fully saturated rings. The third kappa shape index (κ3) is 3.02. The molecular weight excluding hydrogens is 180 g/mol. The van der Waals surface area contributed by atoms with Crippen molar-refractivity contribution in [1.82, 2.24) is 10.6 Å². The largest absolute Gasteiger partial charge is 0.363 e. The number of amides is 1. The summed E-state index contributed by atoms with van der Waals surface area (Å²) < 4.78 is 5.43. The quantitative estimate of drug-likeness (QED) is 0.596. The molecule has 2 N–H and O–H groups in total. The van der Waals surface area contributed by atoms with Gasteiger partial charge in [0.25, 0.3) is 0 Å². The summed E-state index contributed by atoms with van der Waals surface area (Å²) in [7, 11) is 0. The van der Waals surface area contributed by atoms with E-state index in [9.17, 15) is 4.79 Å². The van der Waals surface area contributed by atoms with E-state index in [1.165, 1.54) is 0 Å². The molecule has 1 saturated heterocycles. The first kappa shape index (κ1) is 11.0. The number of carbonyl (C=O) groups excluding carboxylic acids is 1. The molecule has 0 aromatic carbocycles. The highest BCUT2D eigenvalue weighted by Crippen LogP contribution is 2.14. The molecule has 78 valence electrons. The highest BCUT2D eigenvalue weighted by atomic mass is 16.5. The fraction of sp³-hybridized carbons (Fsp3) is 0.700. The van der Waals surface area contributed by atoms with Crippen LogP contribution in [0.2, 0.25) is 0 Å². The molecule has 1 atom stereocenters. The molecule has 1 aliphatic rings. The first-order valence-electron chi connectivity index (χ1n) is 4.66. The van der Waals surface area contributed by atoms with Crippen molar-refractivity contribution < 1.29 is 9.53 Å². The third-order valence-corrected chi connectivity index (χ3v) is 2.18. The van der Waals surface area contributed by atoms with Gasteiger partial charge in [0.2, 0.25) is 5.91 Å². The van der Waals surface area contributed by atoms with Gasteiger partial charge in [-0.1, -0.05) is 5.92 Å². The Bertz CT molecular complexity index is 253. The van der Waals surface area contributed by atoms with Crippen molar-refractivity contribution in [1.29, 1.82) is 0 Å². The summed E-state index contributed by atoms with van der Waals surface area (Å²) in [6.45, 7) is 5.39. The van der Waals surface area contributed by atoms with Crippen LogP contribution in [0.3, 0.4) is 0 Å². The van der Waals surface area contributed by atoms with Gasteiger partial charge in [-0.3, -0.25) is 4.79 Å². The van der Waals surface area contributed by atoms with Crippen LogP contribution in [0.15, 0.2) is 0 Å². The first-order chi connectivity index (χ1) is 6.56. The summed E-state index contributed by atoms with van der Waals surface area (Å²) in [6, 6.07) is -0.238. The monoisotopic (exact) mass is 196 g/mol. The molecule has 0 aromatic rings. The third-order valence-electron chi connectivity index (χ3n) is 2.18. The van der Waals surface area contributed by atoms with Crippen LogP contribution in [0.5, 0.6) is 0 Å². The lowest BCUT2D eigenvalue weighted by Crippen LogP contribution is -2.59. The Hall–Kier alpha value is -1.05. The second kappa shape index (κ2) is 4.45. The lowest BCUT2D eigenvalue weighted by atomic mass is 10.0. The van der Waals surface area contributed by atoms with Crippen molar-refractivity contribution in [3.05, 3.63) is 0 Å². The van der Waals surface area contributed by atoms with E-state index in [4.69, 9.17) is 11.2 Å². The standard InChI is InChI=1S/C10H16N2O2/c1-4-8(2)12-9(13)5-14-10(3)6-11-7-10/h1,8,11H,5-7H2,2-3H3,(H,12,13). The summed E-state index contributed by atoms with van der Waals surface area (Å²) in [6.07, 6.45) is 5.12. The van der Waals surface area contributed by atoms with Gasteiger partial charge < -0.3 is 15.4 Å². The van der Waals surface area contributed by atoms with Crippen molar-refractivity contribution in [2.24, 2.45) is 0 Å². The summed E-state index contributed by atoms with van der Waals surface area (Å²) in [5, 5.41) is 5.72. The molecule has 0 aromatic heterocycles. The fourth-order valence-corrected chi connectivity index (χ4v) is 1.14. The zero-order valence-corrected chi connectivity index (χ0v) is 8.59. The molecule has 0 radical (unpaired) electrons. The zero-order chi connectivity index (χ0) is 10.6. The fourth-order valence-electron chi connectivity index (χ4n) is 1.14. The Morgan fingerprint density at radius 1 is 1.79 bits per heavy atom. The van der Waals surface area contributed by atoms with Gasteiger partial charge in [0.1, 0.15) is 6.61 Å². The normalized spacial score (nSPS) is 20.4. The average Bonchev–Trinajstić information content (AvgIpc) is 2.11. The maximum absolute atomic E-state index is 11.2. The molecule has 1 amide bonds. The van der Waals surface area contributed by atoms with Gasteiger partial charge in [-0.05, 0) is 13.8 Å². The predicted molar refractivity (Wildman–Crippen MR) is 53.7 cm³/mol. The van der Waals surface area contributed by atoms with Gasteiger partial charge in [-0.25, -0.2) is 0 Å². The Kier molecular flexibility index (Phi) is 3.50. The van der Waals surface area contributed by atoms with Gasteiger partial charge in [0.15, 0.2) is 0 Å². The zero-order valence-electron chi connectivity index (χ0n) is 8.59. The van der Waals surface area contributed by atoms with Crippen molar-refractivity contribution in [3.63, 3.8) is 0 Å². The van der Waals surface area contributed by atoms with Crippen molar-refractivity contribution >= 4 is 5.91 Å².